The number of hydrogen-bond donors (Lipinski definition) is 2. The van der Waals surface area contributed by atoms with E-state index < -0.39 is 0 Å². The lowest BCUT2D eigenvalue weighted by Crippen LogP contribution is -2.43. The van der Waals surface area contributed by atoms with Crippen molar-refractivity contribution in [3.63, 3.8) is 0 Å². The Kier molecular flexibility index (Phi) is 6.03. The average molecular weight is 224 g/mol. The summed E-state index contributed by atoms with van der Waals surface area (Å²) in [5.74, 6) is 5.52. The number of hydrogen-bond acceptors (Lipinski definition) is 4. The second kappa shape index (κ2) is 7.35. The van der Waals surface area contributed by atoms with Gasteiger partial charge in [0.15, 0.2) is 0 Å². The minimum Gasteiger partial charge on any atom is -0.383 e. The van der Waals surface area contributed by atoms with Crippen LogP contribution < -0.4 is 11.3 Å². The van der Waals surface area contributed by atoms with Gasteiger partial charge in [-0.3, -0.25) is 11.3 Å². The van der Waals surface area contributed by atoms with Gasteiger partial charge in [0, 0.05) is 13.7 Å². The van der Waals surface area contributed by atoms with Crippen molar-refractivity contribution in [1.29, 1.82) is 0 Å². The molecule has 0 saturated heterocycles. The zero-order valence-electron chi connectivity index (χ0n) is 9.85. The van der Waals surface area contributed by atoms with Crippen LogP contribution in [0.1, 0.15) is 18.6 Å². The third-order valence-electron chi connectivity index (χ3n) is 2.40. The number of hydrazine groups is 1. The van der Waals surface area contributed by atoms with Crippen molar-refractivity contribution in [1.82, 2.24) is 5.43 Å². The molecule has 0 saturated carbocycles. The number of benzene rings is 1. The topological polar surface area (TPSA) is 56.5 Å². The first-order valence-electron chi connectivity index (χ1n) is 5.45. The van der Waals surface area contributed by atoms with Crippen molar-refractivity contribution < 1.29 is 9.47 Å². The Morgan fingerprint density at radius 1 is 1.31 bits per heavy atom. The van der Waals surface area contributed by atoms with Crippen LogP contribution in [0.4, 0.5) is 0 Å². The summed E-state index contributed by atoms with van der Waals surface area (Å²) in [7, 11) is 1.65. The maximum atomic E-state index is 5.71. The minimum atomic E-state index is -0.0869. The lowest BCUT2D eigenvalue weighted by Gasteiger charge is -2.26. The van der Waals surface area contributed by atoms with E-state index in [0.29, 0.717) is 13.2 Å². The zero-order chi connectivity index (χ0) is 11.8. The standard InChI is InChI=1S/C12H20N2O2/c1-3-16-12(11(14-13)9-15-2)10-7-5-4-6-8-10/h4-8,11-12,14H,3,9,13H2,1-2H3. The van der Waals surface area contributed by atoms with Gasteiger partial charge in [-0.2, -0.15) is 0 Å². The molecule has 1 aromatic carbocycles. The second-order valence-electron chi connectivity index (χ2n) is 3.52. The van der Waals surface area contributed by atoms with Gasteiger partial charge in [0.1, 0.15) is 6.10 Å². The molecular weight excluding hydrogens is 204 g/mol. The Morgan fingerprint density at radius 2 is 2.00 bits per heavy atom. The lowest BCUT2D eigenvalue weighted by atomic mass is 10.0. The molecule has 2 atom stereocenters. The predicted molar refractivity (Wildman–Crippen MR) is 63.8 cm³/mol. The monoisotopic (exact) mass is 224 g/mol. The fourth-order valence-corrected chi connectivity index (χ4v) is 1.67. The molecule has 0 amide bonds. The molecule has 0 aliphatic rings. The van der Waals surface area contributed by atoms with Crippen LogP contribution in [0.3, 0.4) is 0 Å². The van der Waals surface area contributed by atoms with Gasteiger partial charge < -0.3 is 9.47 Å². The first kappa shape index (κ1) is 13.1. The van der Waals surface area contributed by atoms with Crippen molar-refractivity contribution in [3.8, 4) is 0 Å². The molecule has 1 aromatic rings. The molecule has 90 valence electrons. The SMILES string of the molecule is CCOC(c1ccccc1)C(COC)NN. The highest BCUT2D eigenvalue weighted by Crippen LogP contribution is 2.21. The van der Waals surface area contributed by atoms with Crippen LogP contribution in [0.5, 0.6) is 0 Å². The van der Waals surface area contributed by atoms with Gasteiger partial charge in [-0.15, -0.1) is 0 Å². The molecule has 0 bridgehead atoms. The van der Waals surface area contributed by atoms with Crippen LogP contribution in [-0.2, 0) is 9.47 Å². The fourth-order valence-electron chi connectivity index (χ4n) is 1.67. The molecule has 4 nitrogen and oxygen atoms in total. The summed E-state index contributed by atoms with van der Waals surface area (Å²) in [6.45, 7) is 3.12. The van der Waals surface area contributed by atoms with Crippen molar-refractivity contribution >= 4 is 0 Å². The van der Waals surface area contributed by atoms with E-state index in [2.05, 4.69) is 5.43 Å². The maximum Gasteiger partial charge on any atom is 0.101 e. The van der Waals surface area contributed by atoms with Gasteiger partial charge in [0.25, 0.3) is 0 Å². The number of nitrogens with two attached hydrogens (primary N) is 1. The van der Waals surface area contributed by atoms with Gasteiger partial charge in [0.2, 0.25) is 0 Å². The highest BCUT2D eigenvalue weighted by atomic mass is 16.5. The molecule has 2 unspecified atom stereocenters. The number of ether oxygens (including phenoxy) is 2. The van der Waals surface area contributed by atoms with E-state index >= 15 is 0 Å². The first-order chi connectivity index (χ1) is 7.83. The van der Waals surface area contributed by atoms with Crippen LogP contribution in [0.2, 0.25) is 0 Å². The van der Waals surface area contributed by atoms with E-state index in [1.165, 1.54) is 0 Å². The summed E-state index contributed by atoms with van der Waals surface area (Å²) in [6.07, 6.45) is -0.0869. The van der Waals surface area contributed by atoms with E-state index in [4.69, 9.17) is 15.3 Å². The summed E-state index contributed by atoms with van der Waals surface area (Å²) < 4.78 is 10.8. The number of rotatable bonds is 7. The highest BCUT2D eigenvalue weighted by molar-refractivity contribution is 5.19. The minimum absolute atomic E-state index is 0.0488. The van der Waals surface area contributed by atoms with Gasteiger partial charge in [0.05, 0.1) is 12.6 Å². The Bertz CT molecular complexity index is 280. The van der Waals surface area contributed by atoms with Crippen LogP contribution in [0, 0.1) is 0 Å². The van der Waals surface area contributed by atoms with E-state index in [0.717, 1.165) is 5.56 Å². The van der Waals surface area contributed by atoms with Crippen molar-refractivity contribution in [3.05, 3.63) is 35.9 Å². The van der Waals surface area contributed by atoms with Crippen molar-refractivity contribution in [2.24, 2.45) is 5.84 Å². The zero-order valence-corrected chi connectivity index (χ0v) is 9.85. The Morgan fingerprint density at radius 3 is 2.50 bits per heavy atom. The van der Waals surface area contributed by atoms with E-state index in [1.54, 1.807) is 7.11 Å². The summed E-state index contributed by atoms with van der Waals surface area (Å²) in [4.78, 5) is 0. The van der Waals surface area contributed by atoms with Gasteiger partial charge >= 0.3 is 0 Å². The molecule has 0 radical (unpaired) electrons. The number of methoxy groups -OCH3 is 1. The quantitative estimate of drug-likeness (QED) is 0.540. The van der Waals surface area contributed by atoms with E-state index in [9.17, 15) is 0 Å². The molecule has 0 spiro atoms. The summed E-state index contributed by atoms with van der Waals surface area (Å²) >= 11 is 0. The van der Waals surface area contributed by atoms with E-state index in [1.807, 2.05) is 37.3 Å². The summed E-state index contributed by atoms with van der Waals surface area (Å²) in [5, 5.41) is 0. The second-order valence-corrected chi connectivity index (χ2v) is 3.52. The normalized spacial score (nSPS) is 14.7. The molecule has 1 rings (SSSR count). The maximum absolute atomic E-state index is 5.71. The Hall–Kier alpha value is -0.940. The fraction of sp³-hybridized carbons (Fsp3) is 0.500. The first-order valence-corrected chi connectivity index (χ1v) is 5.45. The van der Waals surface area contributed by atoms with Gasteiger partial charge in [-0.25, -0.2) is 0 Å². The summed E-state index contributed by atoms with van der Waals surface area (Å²) in [6, 6.07) is 9.96. The third-order valence-corrected chi connectivity index (χ3v) is 2.40. The molecule has 3 N–H and O–H groups in total. The van der Waals surface area contributed by atoms with Crippen LogP contribution >= 0.6 is 0 Å². The molecule has 0 heterocycles. The van der Waals surface area contributed by atoms with Gasteiger partial charge in [-0.05, 0) is 12.5 Å². The molecule has 0 aromatic heterocycles. The molecule has 0 aliphatic carbocycles. The molecular formula is C12H20N2O2. The van der Waals surface area contributed by atoms with Gasteiger partial charge in [-0.1, -0.05) is 30.3 Å². The molecule has 16 heavy (non-hydrogen) atoms. The van der Waals surface area contributed by atoms with Crippen LogP contribution in [0.25, 0.3) is 0 Å². The number of nitrogens with one attached hydrogen (secondary N) is 1. The smallest absolute Gasteiger partial charge is 0.101 e. The van der Waals surface area contributed by atoms with E-state index in [-0.39, 0.29) is 12.1 Å². The van der Waals surface area contributed by atoms with Crippen LogP contribution in [0.15, 0.2) is 30.3 Å². The molecule has 0 aliphatic heterocycles. The molecule has 0 fully saturated rings. The largest absolute Gasteiger partial charge is 0.383 e. The van der Waals surface area contributed by atoms with Crippen molar-refractivity contribution in [2.75, 3.05) is 20.3 Å². The lowest BCUT2D eigenvalue weighted by molar-refractivity contribution is 0.00809. The average Bonchev–Trinajstić information content (AvgIpc) is 2.35. The third kappa shape index (κ3) is 3.57. The highest BCUT2D eigenvalue weighted by Gasteiger charge is 2.22. The summed E-state index contributed by atoms with van der Waals surface area (Å²) in [5.41, 5.74) is 3.84. The Labute approximate surface area is 96.7 Å². The predicted octanol–water partition coefficient (Wildman–Crippen LogP) is 1.24. The van der Waals surface area contributed by atoms with Crippen LogP contribution in [-0.4, -0.2) is 26.4 Å². The molecule has 4 heteroatoms. The Balaban J connectivity index is 2.80. The van der Waals surface area contributed by atoms with Crippen molar-refractivity contribution in [2.45, 2.75) is 19.1 Å².